The second-order valence-electron chi connectivity index (χ2n) is 6.89. The summed E-state index contributed by atoms with van der Waals surface area (Å²) in [7, 11) is 0. The Morgan fingerprint density at radius 2 is 1.35 bits per heavy atom. The van der Waals surface area contributed by atoms with Crippen LogP contribution in [0.5, 0.6) is 0 Å². The number of hydrogen-bond acceptors (Lipinski definition) is 1. The van der Waals surface area contributed by atoms with Crippen LogP contribution in [0.2, 0.25) is 0 Å². The summed E-state index contributed by atoms with van der Waals surface area (Å²) >= 11 is 0. The molecule has 1 aromatic rings. The van der Waals surface area contributed by atoms with Gasteiger partial charge in [0.05, 0.1) is 0 Å². The van der Waals surface area contributed by atoms with E-state index in [9.17, 15) is 0 Å². The maximum atomic E-state index is 5.92. The van der Waals surface area contributed by atoms with Crippen LogP contribution in [0.1, 0.15) is 59.1 Å². The molecule has 0 radical (unpaired) electrons. The molecule has 1 nitrogen and oxygen atoms in total. The molecule has 0 saturated heterocycles. The first-order valence-electron chi connectivity index (χ1n) is 6.49. The first-order chi connectivity index (χ1) is 7.63. The number of benzene rings is 1. The Labute approximate surface area is 106 Å². The molecule has 1 aromatic carbocycles. The van der Waals surface area contributed by atoms with E-state index < -0.39 is 0 Å². The predicted molar refractivity (Wildman–Crippen MR) is 76.4 cm³/mol. The molecule has 1 rings (SSSR count). The molecule has 0 unspecified atom stereocenters. The molecule has 0 amide bonds. The van der Waals surface area contributed by atoms with Gasteiger partial charge in [0.15, 0.2) is 0 Å². The van der Waals surface area contributed by atoms with Gasteiger partial charge in [-0.15, -0.1) is 0 Å². The highest BCUT2D eigenvalue weighted by Gasteiger charge is 2.22. The van der Waals surface area contributed by atoms with Gasteiger partial charge in [0.25, 0.3) is 0 Å². The third kappa shape index (κ3) is 3.85. The van der Waals surface area contributed by atoms with Gasteiger partial charge < -0.3 is 5.73 Å². The molecule has 17 heavy (non-hydrogen) atoms. The van der Waals surface area contributed by atoms with E-state index in [1.54, 1.807) is 0 Å². The van der Waals surface area contributed by atoms with Crippen LogP contribution in [-0.2, 0) is 10.8 Å². The van der Waals surface area contributed by atoms with E-state index in [2.05, 4.69) is 65.8 Å². The summed E-state index contributed by atoms with van der Waals surface area (Å²) < 4.78 is 0. The molecule has 96 valence electrons. The molecule has 0 aliphatic heterocycles. The SMILES string of the molecule is C[C@H](N)CC(C)(C)c1ccc(C(C)(C)C)cc1. The van der Waals surface area contributed by atoms with Crippen LogP contribution in [0.4, 0.5) is 0 Å². The molecule has 0 saturated carbocycles. The van der Waals surface area contributed by atoms with Gasteiger partial charge in [-0.1, -0.05) is 58.9 Å². The molecular formula is C16H27N. The zero-order valence-corrected chi connectivity index (χ0v) is 12.2. The Morgan fingerprint density at radius 3 is 1.71 bits per heavy atom. The first kappa shape index (κ1) is 14.2. The van der Waals surface area contributed by atoms with Crippen molar-refractivity contribution in [1.29, 1.82) is 0 Å². The fraction of sp³-hybridized carbons (Fsp3) is 0.625. The lowest BCUT2D eigenvalue weighted by molar-refractivity contribution is 0.437. The fourth-order valence-electron chi connectivity index (χ4n) is 2.34. The van der Waals surface area contributed by atoms with Gasteiger partial charge in [0.1, 0.15) is 0 Å². The largest absolute Gasteiger partial charge is 0.328 e. The van der Waals surface area contributed by atoms with Crippen molar-refractivity contribution in [2.24, 2.45) is 5.73 Å². The molecule has 0 aliphatic carbocycles. The Hall–Kier alpha value is -0.820. The zero-order valence-electron chi connectivity index (χ0n) is 12.2. The minimum absolute atomic E-state index is 0.157. The van der Waals surface area contributed by atoms with E-state index >= 15 is 0 Å². The molecule has 1 atom stereocenters. The highest BCUT2D eigenvalue weighted by atomic mass is 14.6. The van der Waals surface area contributed by atoms with Crippen LogP contribution in [0.15, 0.2) is 24.3 Å². The van der Waals surface area contributed by atoms with Crippen molar-refractivity contribution in [3.05, 3.63) is 35.4 Å². The summed E-state index contributed by atoms with van der Waals surface area (Å²) in [6, 6.07) is 9.25. The Balaban J connectivity index is 2.94. The van der Waals surface area contributed by atoms with Crippen molar-refractivity contribution < 1.29 is 0 Å². The quantitative estimate of drug-likeness (QED) is 0.839. The summed E-state index contributed by atoms with van der Waals surface area (Å²) in [6.07, 6.45) is 1.02. The maximum absolute atomic E-state index is 5.92. The van der Waals surface area contributed by atoms with Crippen molar-refractivity contribution in [2.75, 3.05) is 0 Å². The molecule has 0 heterocycles. The molecule has 0 bridgehead atoms. The summed E-state index contributed by atoms with van der Waals surface area (Å²) in [5.74, 6) is 0. The summed E-state index contributed by atoms with van der Waals surface area (Å²) in [6.45, 7) is 13.3. The summed E-state index contributed by atoms with van der Waals surface area (Å²) in [5.41, 5.74) is 9.06. The molecule has 0 fully saturated rings. The van der Waals surface area contributed by atoms with Gasteiger partial charge in [-0.3, -0.25) is 0 Å². The van der Waals surface area contributed by atoms with Crippen molar-refractivity contribution in [3.8, 4) is 0 Å². The Bertz CT molecular complexity index is 352. The lowest BCUT2D eigenvalue weighted by Crippen LogP contribution is -2.28. The standard InChI is InChI=1S/C16H27N/c1-12(17)11-16(5,6)14-9-7-13(8-10-14)15(2,3)4/h7-10,12H,11,17H2,1-6H3/t12-/m0/s1. The third-order valence-corrected chi connectivity index (χ3v) is 3.36. The molecule has 0 aliphatic rings. The topological polar surface area (TPSA) is 26.0 Å². The van der Waals surface area contributed by atoms with E-state index in [-0.39, 0.29) is 16.9 Å². The van der Waals surface area contributed by atoms with E-state index in [0.29, 0.717) is 0 Å². The highest BCUT2D eigenvalue weighted by Crippen LogP contribution is 2.30. The summed E-state index contributed by atoms with van der Waals surface area (Å²) in [5, 5.41) is 0. The van der Waals surface area contributed by atoms with Gasteiger partial charge >= 0.3 is 0 Å². The van der Waals surface area contributed by atoms with Crippen LogP contribution in [-0.4, -0.2) is 6.04 Å². The van der Waals surface area contributed by atoms with Crippen LogP contribution >= 0.6 is 0 Å². The van der Waals surface area contributed by atoms with Gasteiger partial charge in [0.2, 0.25) is 0 Å². The second-order valence-corrected chi connectivity index (χ2v) is 6.89. The van der Waals surface area contributed by atoms with E-state index in [4.69, 9.17) is 5.73 Å². The van der Waals surface area contributed by atoms with E-state index in [1.165, 1.54) is 11.1 Å². The second kappa shape index (κ2) is 4.81. The summed E-state index contributed by atoms with van der Waals surface area (Å²) in [4.78, 5) is 0. The van der Waals surface area contributed by atoms with Gasteiger partial charge in [-0.05, 0) is 35.3 Å². The smallest absolute Gasteiger partial charge is 0.00187 e. The van der Waals surface area contributed by atoms with E-state index in [1.807, 2.05) is 0 Å². The van der Waals surface area contributed by atoms with Crippen molar-refractivity contribution in [2.45, 2.75) is 64.8 Å². The van der Waals surface area contributed by atoms with Crippen molar-refractivity contribution >= 4 is 0 Å². The van der Waals surface area contributed by atoms with Crippen LogP contribution in [0.3, 0.4) is 0 Å². The normalized spacial score (nSPS) is 14.8. The third-order valence-electron chi connectivity index (χ3n) is 3.36. The van der Waals surface area contributed by atoms with Crippen LogP contribution < -0.4 is 5.73 Å². The van der Waals surface area contributed by atoms with Crippen LogP contribution in [0, 0.1) is 0 Å². The molecule has 1 heteroatoms. The lowest BCUT2D eigenvalue weighted by Gasteiger charge is -2.28. The predicted octanol–water partition coefficient (Wildman–Crippen LogP) is 4.00. The number of nitrogens with two attached hydrogens (primary N) is 1. The van der Waals surface area contributed by atoms with Gasteiger partial charge in [-0.25, -0.2) is 0 Å². The van der Waals surface area contributed by atoms with Crippen LogP contribution in [0.25, 0.3) is 0 Å². The molecular weight excluding hydrogens is 206 g/mol. The highest BCUT2D eigenvalue weighted by molar-refractivity contribution is 5.31. The minimum atomic E-state index is 0.157. The van der Waals surface area contributed by atoms with Gasteiger partial charge in [0, 0.05) is 6.04 Å². The molecule has 0 spiro atoms. The van der Waals surface area contributed by atoms with Gasteiger partial charge in [-0.2, -0.15) is 0 Å². The van der Waals surface area contributed by atoms with E-state index in [0.717, 1.165) is 6.42 Å². The zero-order chi connectivity index (χ0) is 13.3. The monoisotopic (exact) mass is 233 g/mol. The fourth-order valence-corrected chi connectivity index (χ4v) is 2.34. The average molecular weight is 233 g/mol. The number of rotatable bonds is 3. The minimum Gasteiger partial charge on any atom is -0.328 e. The Morgan fingerprint density at radius 1 is 0.941 bits per heavy atom. The Kier molecular flexibility index (Phi) is 4.03. The maximum Gasteiger partial charge on any atom is 0.00187 e. The van der Waals surface area contributed by atoms with Crippen molar-refractivity contribution in [1.82, 2.24) is 0 Å². The molecule has 2 N–H and O–H groups in total. The average Bonchev–Trinajstić information content (AvgIpc) is 2.14. The molecule has 0 aromatic heterocycles. The number of hydrogen-bond donors (Lipinski definition) is 1. The first-order valence-corrected chi connectivity index (χ1v) is 6.49. The lowest BCUT2D eigenvalue weighted by atomic mass is 9.78. The van der Waals surface area contributed by atoms with Crippen molar-refractivity contribution in [3.63, 3.8) is 0 Å².